The lowest BCUT2D eigenvalue weighted by molar-refractivity contribution is -0.131. The van der Waals surface area contributed by atoms with Gasteiger partial charge in [0.2, 0.25) is 5.91 Å². The summed E-state index contributed by atoms with van der Waals surface area (Å²) in [5, 5.41) is 4.90. The number of carbonyl (C=O) groups excluding carboxylic acids is 1. The summed E-state index contributed by atoms with van der Waals surface area (Å²) >= 11 is 0. The number of methoxy groups -OCH3 is 1. The minimum absolute atomic E-state index is 0.152. The number of carbonyl (C=O) groups is 1. The number of amides is 1. The molecule has 6 heteroatoms. The molecule has 162 valence electrons. The van der Waals surface area contributed by atoms with E-state index in [2.05, 4.69) is 35.8 Å². The summed E-state index contributed by atoms with van der Waals surface area (Å²) in [6.45, 7) is 3.20. The Morgan fingerprint density at radius 2 is 1.72 bits per heavy atom. The lowest BCUT2D eigenvalue weighted by Crippen LogP contribution is -2.26. The highest BCUT2D eigenvalue weighted by molar-refractivity contribution is 5.77. The maximum Gasteiger partial charge on any atom is 0.223 e. The van der Waals surface area contributed by atoms with E-state index in [1.54, 1.807) is 7.11 Å². The fourth-order valence-electron chi connectivity index (χ4n) is 4.19. The van der Waals surface area contributed by atoms with Crippen molar-refractivity contribution < 1.29 is 9.53 Å². The van der Waals surface area contributed by atoms with Crippen LogP contribution >= 0.6 is 0 Å². The highest BCUT2D eigenvalue weighted by Crippen LogP contribution is 2.31. The second-order valence-corrected chi connectivity index (χ2v) is 8.18. The molecule has 0 saturated carbocycles. The highest BCUT2D eigenvalue weighted by atomic mass is 16.5. The van der Waals surface area contributed by atoms with Crippen molar-refractivity contribution in [3.8, 4) is 17.3 Å². The second kappa shape index (κ2) is 8.38. The Bertz CT molecular complexity index is 1220. The molecule has 5 rings (SSSR count). The van der Waals surface area contributed by atoms with Gasteiger partial charge in [0.1, 0.15) is 11.6 Å². The third-order valence-electron chi connectivity index (χ3n) is 6.00. The summed E-state index contributed by atoms with van der Waals surface area (Å²) in [5.41, 5.74) is 5.44. The van der Waals surface area contributed by atoms with Gasteiger partial charge >= 0.3 is 0 Å². The first-order chi connectivity index (χ1) is 15.6. The normalized spacial score (nSPS) is 12.8. The van der Waals surface area contributed by atoms with Crippen LogP contribution in [0.5, 0.6) is 5.75 Å². The zero-order valence-corrected chi connectivity index (χ0v) is 18.4. The van der Waals surface area contributed by atoms with Crippen LogP contribution in [0.3, 0.4) is 0 Å². The van der Waals surface area contributed by atoms with Crippen LogP contribution in [-0.4, -0.2) is 32.3 Å². The molecule has 3 heterocycles. The molecule has 1 aliphatic rings. The van der Waals surface area contributed by atoms with Crippen LogP contribution < -0.4 is 4.74 Å². The maximum atomic E-state index is 13.0. The summed E-state index contributed by atoms with van der Waals surface area (Å²) in [5.74, 6) is 1.98. The van der Waals surface area contributed by atoms with Crippen molar-refractivity contribution in [2.24, 2.45) is 0 Å². The molecular weight excluding hydrogens is 400 g/mol. The van der Waals surface area contributed by atoms with Gasteiger partial charge in [-0.2, -0.15) is 5.10 Å². The largest absolute Gasteiger partial charge is 0.497 e. The number of benzene rings is 2. The second-order valence-electron chi connectivity index (χ2n) is 8.18. The van der Waals surface area contributed by atoms with E-state index in [-0.39, 0.29) is 5.91 Å². The standard InChI is InChI=1S/C26H26N4O2/c1-19-5-10-21(11-6-19)30-26(28-15-3-4-16-28)23-17-29(18-24(23)27-30)25(31)14-9-20-7-12-22(32-2)13-8-20/h3-8,10-13,15-16H,9,14,17-18H2,1-2H3. The third kappa shape index (κ3) is 3.80. The molecule has 0 spiro atoms. The first-order valence-electron chi connectivity index (χ1n) is 10.8. The summed E-state index contributed by atoms with van der Waals surface area (Å²) < 4.78 is 9.28. The minimum atomic E-state index is 0.152. The molecule has 0 atom stereocenters. The number of hydrogen-bond acceptors (Lipinski definition) is 3. The predicted molar refractivity (Wildman–Crippen MR) is 123 cm³/mol. The van der Waals surface area contributed by atoms with Gasteiger partial charge in [-0.25, -0.2) is 4.68 Å². The van der Waals surface area contributed by atoms with Crippen LogP contribution in [0.1, 0.15) is 28.8 Å². The number of rotatable bonds is 6. The summed E-state index contributed by atoms with van der Waals surface area (Å²) in [7, 11) is 1.65. The van der Waals surface area contributed by atoms with Crippen molar-refractivity contribution in [3.05, 3.63) is 95.4 Å². The van der Waals surface area contributed by atoms with E-state index in [0.717, 1.165) is 34.1 Å². The van der Waals surface area contributed by atoms with Crippen molar-refractivity contribution in [2.45, 2.75) is 32.9 Å². The number of nitrogens with zero attached hydrogens (tertiary/aromatic N) is 4. The van der Waals surface area contributed by atoms with Crippen molar-refractivity contribution in [3.63, 3.8) is 0 Å². The van der Waals surface area contributed by atoms with Crippen molar-refractivity contribution in [1.82, 2.24) is 19.2 Å². The van der Waals surface area contributed by atoms with Crippen LogP contribution in [0.15, 0.2) is 73.1 Å². The quantitative estimate of drug-likeness (QED) is 0.458. The molecular formula is C26H26N4O2. The van der Waals surface area contributed by atoms with Crippen molar-refractivity contribution >= 4 is 5.91 Å². The van der Waals surface area contributed by atoms with Gasteiger partial charge in [-0.05, 0) is 55.3 Å². The van der Waals surface area contributed by atoms with E-state index >= 15 is 0 Å². The number of aromatic nitrogens is 3. The molecule has 0 N–H and O–H groups in total. The van der Waals surface area contributed by atoms with Crippen LogP contribution in [0, 0.1) is 6.92 Å². The Morgan fingerprint density at radius 3 is 2.41 bits per heavy atom. The van der Waals surface area contributed by atoms with Crippen LogP contribution in [0.4, 0.5) is 0 Å². The van der Waals surface area contributed by atoms with E-state index < -0.39 is 0 Å². The highest BCUT2D eigenvalue weighted by Gasteiger charge is 2.31. The van der Waals surface area contributed by atoms with E-state index in [9.17, 15) is 4.79 Å². The molecule has 0 saturated heterocycles. The lowest BCUT2D eigenvalue weighted by atomic mass is 10.1. The number of aryl methyl sites for hydroxylation is 2. The number of ether oxygens (including phenoxy) is 1. The third-order valence-corrected chi connectivity index (χ3v) is 6.00. The van der Waals surface area contributed by atoms with E-state index in [1.807, 2.05) is 58.4 Å². The molecule has 1 amide bonds. The number of fused-ring (bicyclic) bond motifs is 1. The van der Waals surface area contributed by atoms with Crippen molar-refractivity contribution in [2.75, 3.05) is 7.11 Å². The summed E-state index contributed by atoms with van der Waals surface area (Å²) in [4.78, 5) is 14.9. The summed E-state index contributed by atoms with van der Waals surface area (Å²) in [6, 6.07) is 20.3. The molecule has 0 bridgehead atoms. The molecule has 0 radical (unpaired) electrons. The molecule has 6 nitrogen and oxygen atoms in total. The van der Waals surface area contributed by atoms with Gasteiger partial charge in [0.25, 0.3) is 0 Å². The van der Waals surface area contributed by atoms with Gasteiger partial charge in [-0.1, -0.05) is 29.8 Å². The van der Waals surface area contributed by atoms with Gasteiger partial charge in [-0.3, -0.25) is 4.79 Å². The van der Waals surface area contributed by atoms with E-state index in [1.165, 1.54) is 5.56 Å². The smallest absolute Gasteiger partial charge is 0.223 e. The molecule has 32 heavy (non-hydrogen) atoms. The minimum Gasteiger partial charge on any atom is -0.497 e. The average Bonchev–Trinajstić information content (AvgIpc) is 3.54. The van der Waals surface area contributed by atoms with Gasteiger partial charge in [0, 0.05) is 24.4 Å². The molecule has 2 aromatic heterocycles. The zero-order chi connectivity index (χ0) is 22.1. The SMILES string of the molecule is COc1ccc(CCC(=O)N2Cc3nn(-c4ccc(C)cc4)c(-n4cccc4)c3C2)cc1. The van der Waals surface area contributed by atoms with Gasteiger partial charge in [0.05, 0.1) is 31.6 Å². The number of hydrogen-bond donors (Lipinski definition) is 0. The molecule has 0 aliphatic carbocycles. The van der Waals surface area contributed by atoms with E-state index in [4.69, 9.17) is 9.84 Å². The molecule has 4 aromatic rings. The summed E-state index contributed by atoms with van der Waals surface area (Å²) in [6.07, 6.45) is 5.24. The Labute approximate surface area is 187 Å². The average molecular weight is 427 g/mol. The van der Waals surface area contributed by atoms with Crippen molar-refractivity contribution in [1.29, 1.82) is 0 Å². The topological polar surface area (TPSA) is 52.3 Å². The van der Waals surface area contributed by atoms with Gasteiger partial charge in [-0.15, -0.1) is 0 Å². The molecule has 0 fully saturated rings. The Balaban J connectivity index is 1.36. The zero-order valence-electron chi connectivity index (χ0n) is 18.4. The van der Waals surface area contributed by atoms with E-state index in [0.29, 0.717) is 25.9 Å². The fraction of sp³-hybridized carbons (Fsp3) is 0.231. The van der Waals surface area contributed by atoms with Gasteiger partial charge in [0.15, 0.2) is 0 Å². The monoisotopic (exact) mass is 426 g/mol. The van der Waals surface area contributed by atoms with Crippen LogP contribution in [-0.2, 0) is 24.3 Å². The molecule has 0 unspecified atom stereocenters. The van der Waals surface area contributed by atoms with Crippen LogP contribution in [0.2, 0.25) is 0 Å². The Kier molecular flexibility index (Phi) is 5.27. The maximum absolute atomic E-state index is 13.0. The fourth-order valence-corrected chi connectivity index (χ4v) is 4.19. The van der Waals surface area contributed by atoms with Gasteiger partial charge < -0.3 is 14.2 Å². The first kappa shape index (κ1) is 20.1. The lowest BCUT2D eigenvalue weighted by Gasteiger charge is -2.17. The predicted octanol–water partition coefficient (Wildman–Crippen LogP) is 4.46. The van der Waals surface area contributed by atoms with Crippen LogP contribution in [0.25, 0.3) is 11.5 Å². The first-order valence-corrected chi connectivity index (χ1v) is 10.8. The Hall–Kier alpha value is -3.80. The Morgan fingerprint density at radius 1 is 1.00 bits per heavy atom. The molecule has 1 aliphatic heterocycles. The molecule has 2 aromatic carbocycles.